The number of nitrogens with zero attached hydrogens (tertiary/aromatic N) is 3. The maximum Gasteiger partial charge on any atom is 0.405 e. The second kappa shape index (κ2) is 8.25. The first-order valence-corrected chi connectivity index (χ1v) is 10.1. The van der Waals surface area contributed by atoms with Gasteiger partial charge in [0.05, 0.1) is 16.6 Å². The summed E-state index contributed by atoms with van der Waals surface area (Å²) in [4.78, 5) is 31.1. The van der Waals surface area contributed by atoms with Crippen LogP contribution in [0, 0.1) is 6.92 Å². The quantitative estimate of drug-likeness (QED) is 0.619. The zero-order valence-corrected chi connectivity index (χ0v) is 17.5. The molecule has 168 valence electrons. The number of carbonyl (C=O) groups excluding carboxylic acids is 2. The van der Waals surface area contributed by atoms with E-state index >= 15 is 0 Å². The van der Waals surface area contributed by atoms with Gasteiger partial charge in [0, 0.05) is 30.8 Å². The van der Waals surface area contributed by atoms with Crippen molar-refractivity contribution >= 4 is 22.9 Å². The second-order valence-corrected chi connectivity index (χ2v) is 7.97. The first-order valence-electron chi connectivity index (χ1n) is 10.1. The minimum Gasteiger partial charge on any atom is -0.343 e. The minimum absolute atomic E-state index is 0.108. The molecule has 32 heavy (non-hydrogen) atoms. The standard InChI is InChI=1S/C22H21F3N4O3/c1-12-18-16(9-17(14-7-8-14)27-20(18)32-28-12)21(31)29(2)10-13-3-5-15(6-4-13)19(30)26-11-22(23,24)25/h3-6,9,14H,7-8,10-11H2,1-2H3,(H,26,30). The average Bonchev–Trinajstić information content (AvgIpc) is 3.54. The lowest BCUT2D eigenvalue weighted by Gasteiger charge is -2.18. The van der Waals surface area contributed by atoms with E-state index in [9.17, 15) is 22.8 Å². The molecule has 0 aliphatic heterocycles. The number of hydrogen-bond donors (Lipinski definition) is 1. The van der Waals surface area contributed by atoms with E-state index in [1.807, 2.05) is 5.32 Å². The van der Waals surface area contributed by atoms with Gasteiger partial charge in [0.2, 0.25) is 0 Å². The molecule has 0 bridgehead atoms. The number of benzene rings is 1. The number of nitrogens with one attached hydrogen (secondary N) is 1. The van der Waals surface area contributed by atoms with Crippen LogP contribution in [-0.4, -0.2) is 46.6 Å². The highest BCUT2D eigenvalue weighted by Gasteiger charge is 2.30. The van der Waals surface area contributed by atoms with E-state index in [0.29, 0.717) is 28.3 Å². The molecule has 0 radical (unpaired) electrons. The lowest BCUT2D eigenvalue weighted by molar-refractivity contribution is -0.123. The fraction of sp³-hybridized carbons (Fsp3) is 0.364. The molecule has 4 rings (SSSR count). The normalized spacial score (nSPS) is 13.9. The maximum absolute atomic E-state index is 13.2. The molecule has 7 nitrogen and oxygen atoms in total. The van der Waals surface area contributed by atoms with Gasteiger partial charge in [0.15, 0.2) is 0 Å². The SMILES string of the molecule is Cc1noc2nc(C3CC3)cc(C(=O)N(C)Cc3ccc(C(=O)NCC(F)(F)F)cc3)c12. The lowest BCUT2D eigenvalue weighted by Crippen LogP contribution is -2.33. The van der Waals surface area contributed by atoms with Gasteiger partial charge in [-0.1, -0.05) is 17.3 Å². The number of halogens is 3. The van der Waals surface area contributed by atoms with Crippen LogP contribution in [0.1, 0.15) is 56.4 Å². The van der Waals surface area contributed by atoms with Gasteiger partial charge < -0.3 is 14.7 Å². The number of aryl methyl sites for hydroxylation is 1. The summed E-state index contributed by atoms with van der Waals surface area (Å²) in [6, 6.07) is 7.87. The van der Waals surface area contributed by atoms with Crippen molar-refractivity contribution in [3.8, 4) is 0 Å². The predicted octanol–water partition coefficient (Wildman–Crippen LogP) is 3.97. The summed E-state index contributed by atoms with van der Waals surface area (Å²) in [6.45, 7) is 0.607. The smallest absolute Gasteiger partial charge is 0.343 e. The predicted molar refractivity (Wildman–Crippen MR) is 109 cm³/mol. The summed E-state index contributed by atoms with van der Waals surface area (Å²) in [5.74, 6) is -0.705. The van der Waals surface area contributed by atoms with Crippen molar-refractivity contribution in [3.05, 3.63) is 58.4 Å². The molecule has 0 spiro atoms. The number of alkyl halides is 3. The number of carbonyl (C=O) groups is 2. The molecule has 2 amide bonds. The van der Waals surface area contributed by atoms with Crippen LogP contribution in [0.5, 0.6) is 0 Å². The topological polar surface area (TPSA) is 88.3 Å². The van der Waals surface area contributed by atoms with E-state index in [-0.39, 0.29) is 18.0 Å². The molecule has 3 aromatic rings. The number of hydrogen-bond acceptors (Lipinski definition) is 5. The van der Waals surface area contributed by atoms with Crippen LogP contribution in [0.2, 0.25) is 0 Å². The van der Waals surface area contributed by atoms with Crippen molar-refractivity contribution < 1.29 is 27.3 Å². The summed E-state index contributed by atoms with van der Waals surface area (Å²) in [7, 11) is 1.65. The molecule has 0 atom stereocenters. The molecule has 2 heterocycles. The van der Waals surface area contributed by atoms with Crippen LogP contribution in [0.15, 0.2) is 34.9 Å². The molecule has 1 aliphatic rings. The number of amides is 2. The highest BCUT2D eigenvalue weighted by molar-refractivity contribution is 6.06. The molecule has 0 unspecified atom stereocenters. The molecule has 1 fully saturated rings. The first-order chi connectivity index (χ1) is 15.1. The van der Waals surface area contributed by atoms with E-state index in [1.165, 1.54) is 17.0 Å². The van der Waals surface area contributed by atoms with Gasteiger partial charge in [-0.05, 0) is 43.5 Å². The van der Waals surface area contributed by atoms with Crippen LogP contribution in [0.25, 0.3) is 11.1 Å². The molecular formula is C22H21F3N4O3. The zero-order chi connectivity index (χ0) is 23.0. The molecule has 2 aromatic heterocycles. The van der Waals surface area contributed by atoms with Gasteiger partial charge in [0.25, 0.3) is 17.5 Å². The Morgan fingerprint density at radius 1 is 1.22 bits per heavy atom. The Kier molecular flexibility index (Phi) is 5.62. The lowest BCUT2D eigenvalue weighted by atomic mass is 10.1. The van der Waals surface area contributed by atoms with Crippen molar-refractivity contribution in [2.45, 2.75) is 38.4 Å². The molecule has 10 heteroatoms. The van der Waals surface area contributed by atoms with E-state index in [1.54, 1.807) is 32.2 Å². The van der Waals surface area contributed by atoms with Crippen LogP contribution < -0.4 is 5.32 Å². The maximum atomic E-state index is 13.2. The van der Waals surface area contributed by atoms with Crippen LogP contribution in [-0.2, 0) is 6.54 Å². The van der Waals surface area contributed by atoms with Gasteiger partial charge >= 0.3 is 6.18 Å². The van der Waals surface area contributed by atoms with Crippen molar-refractivity contribution in [1.82, 2.24) is 20.4 Å². The third kappa shape index (κ3) is 4.74. The summed E-state index contributed by atoms with van der Waals surface area (Å²) in [5.41, 5.74) is 3.06. The molecular weight excluding hydrogens is 425 g/mol. The molecule has 1 N–H and O–H groups in total. The minimum atomic E-state index is -4.47. The summed E-state index contributed by atoms with van der Waals surface area (Å²) < 4.78 is 42.1. The zero-order valence-electron chi connectivity index (χ0n) is 17.5. The summed E-state index contributed by atoms with van der Waals surface area (Å²) >= 11 is 0. The monoisotopic (exact) mass is 446 g/mol. The molecule has 1 saturated carbocycles. The fourth-order valence-corrected chi connectivity index (χ4v) is 3.47. The van der Waals surface area contributed by atoms with Crippen molar-refractivity contribution in [1.29, 1.82) is 0 Å². The third-order valence-corrected chi connectivity index (χ3v) is 5.29. The average molecular weight is 446 g/mol. The fourth-order valence-electron chi connectivity index (χ4n) is 3.47. The Morgan fingerprint density at radius 3 is 2.53 bits per heavy atom. The van der Waals surface area contributed by atoms with E-state index in [4.69, 9.17) is 4.52 Å². The summed E-state index contributed by atoms with van der Waals surface area (Å²) in [5, 5.41) is 6.36. The van der Waals surface area contributed by atoms with Gasteiger partial charge in [-0.15, -0.1) is 0 Å². The van der Waals surface area contributed by atoms with Gasteiger partial charge in [0.1, 0.15) is 6.54 Å². The molecule has 1 aliphatic carbocycles. The van der Waals surface area contributed by atoms with Gasteiger partial charge in [-0.25, -0.2) is 4.98 Å². The highest BCUT2D eigenvalue weighted by Crippen LogP contribution is 2.40. The van der Waals surface area contributed by atoms with Crippen molar-refractivity contribution in [2.24, 2.45) is 0 Å². The van der Waals surface area contributed by atoms with Crippen molar-refractivity contribution in [2.75, 3.05) is 13.6 Å². The van der Waals surface area contributed by atoms with Gasteiger partial charge in [-0.3, -0.25) is 9.59 Å². The van der Waals surface area contributed by atoms with Crippen LogP contribution in [0.4, 0.5) is 13.2 Å². The number of aromatic nitrogens is 2. The second-order valence-electron chi connectivity index (χ2n) is 7.97. The van der Waals surface area contributed by atoms with Crippen LogP contribution in [0.3, 0.4) is 0 Å². The first kappa shape index (κ1) is 21.8. The Balaban J connectivity index is 1.48. The number of pyridine rings is 1. The van der Waals surface area contributed by atoms with Crippen molar-refractivity contribution in [3.63, 3.8) is 0 Å². The molecule has 0 saturated heterocycles. The molecule has 1 aromatic carbocycles. The van der Waals surface area contributed by atoms with E-state index < -0.39 is 18.6 Å². The highest BCUT2D eigenvalue weighted by atomic mass is 19.4. The summed E-state index contributed by atoms with van der Waals surface area (Å²) in [6.07, 6.45) is -2.42. The number of rotatable bonds is 6. The Morgan fingerprint density at radius 2 is 1.91 bits per heavy atom. The Labute approximate surface area is 181 Å². The van der Waals surface area contributed by atoms with E-state index in [2.05, 4.69) is 10.1 Å². The Bertz CT molecular complexity index is 1170. The largest absolute Gasteiger partial charge is 0.405 e. The van der Waals surface area contributed by atoms with Gasteiger partial charge in [-0.2, -0.15) is 13.2 Å². The van der Waals surface area contributed by atoms with E-state index in [0.717, 1.165) is 24.1 Å². The van der Waals surface area contributed by atoms with Crippen LogP contribution >= 0.6 is 0 Å². The Hall–Kier alpha value is -3.43. The third-order valence-electron chi connectivity index (χ3n) is 5.29. The number of fused-ring (bicyclic) bond motifs is 1.